The van der Waals surface area contributed by atoms with Gasteiger partial charge in [0.1, 0.15) is 11.5 Å². The lowest BCUT2D eigenvalue weighted by atomic mass is 10.1. The zero-order chi connectivity index (χ0) is 19.1. The number of nitrogens with zero attached hydrogens (tertiary/aromatic N) is 3. The first-order chi connectivity index (χ1) is 12.9. The van der Waals surface area contributed by atoms with Crippen LogP contribution in [0.4, 0.5) is 10.8 Å². The summed E-state index contributed by atoms with van der Waals surface area (Å²) in [5.74, 6) is -0.360. The highest BCUT2D eigenvalue weighted by molar-refractivity contribution is 7.16. The number of amides is 2. The van der Waals surface area contributed by atoms with Crippen molar-refractivity contribution >= 4 is 34.0 Å². The van der Waals surface area contributed by atoms with Crippen molar-refractivity contribution in [2.24, 2.45) is 0 Å². The molecule has 0 aliphatic carbocycles. The maximum absolute atomic E-state index is 12.7. The summed E-state index contributed by atoms with van der Waals surface area (Å²) in [4.78, 5) is 41.6. The number of hydrogen-bond donors (Lipinski definition) is 0. The average molecular weight is 381 g/mol. The third-order valence-electron chi connectivity index (χ3n) is 3.92. The second-order valence-corrected chi connectivity index (χ2v) is 6.98. The molecule has 0 saturated heterocycles. The molecule has 134 valence electrons. The first-order valence-corrected chi connectivity index (χ1v) is 8.63. The monoisotopic (exact) mass is 381 g/mol. The molecule has 2 amide bonds. The number of carbonyl (C=O) groups excluding carboxylic acids is 2. The Balaban J connectivity index is 1.65. The number of carbonyl (C=O) groups is 2. The van der Waals surface area contributed by atoms with Crippen molar-refractivity contribution in [1.82, 2.24) is 4.98 Å². The van der Waals surface area contributed by atoms with E-state index in [0.717, 1.165) is 9.78 Å². The standard InChI is InChI=1S/C18H11N3O5S/c1-10-9-19-18(27-10)20-16(22)14-6-5-13(8-15(14)17(20)23)26-12-4-2-3-11(7-12)21(24)25/h2-9H,1H3. The van der Waals surface area contributed by atoms with Crippen LogP contribution < -0.4 is 9.64 Å². The van der Waals surface area contributed by atoms with Crippen LogP contribution in [0, 0.1) is 17.0 Å². The Labute approximate surface area is 156 Å². The highest BCUT2D eigenvalue weighted by atomic mass is 32.1. The first-order valence-electron chi connectivity index (χ1n) is 7.81. The van der Waals surface area contributed by atoms with Crippen molar-refractivity contribution in [3.63, 3.8) is 0 Å². The molecule has 0 atom stereocenters. The van der Waals surface area contributed by atoms with Crippen LogP contribution in [-0.4, -0.2) is 21.7 Å². The quantitative estimate of drug-likeness (QED) is 0.385. The van der Waals surface area contributed by atoms with Gasteiger partial charge in [0.25, 0.3) is 17.5 Å². The van der Waals surface area contributed by atoms with E-state index in [0.29, 0.717) is 10.9 Å². The Morgan fingerprint density at radius 2 is 1.81 bits per heavy atom. The molecular formula is C18H11N3O5S. The van der Waals surface area contributed by atoms with Gasteiger partial charge in [-0.1, -0.05) is 6.07 Å². The van der Waals surface area contributed by atoms with Gasteiger partial charge in [0.15, 0.2) is 5.13 Å². The Morgan fingerprint density at radius 1 is 1.07 bits per heavy atom. The summed E-state index contributed by atoms with van der Waals surface area (Å²) in [6.45, 7) is 1.84. The molecule has 2 heterocycles. The minimum Gasteiger partial charge on any atom is -0.457 e. The minimum absolute atomic E-state index is 0.106. The number of hydrogen-bond acceptors (Lipinski definition) is 7. The highest BCUT2D eigenvalue weighted by Gasteiger charge is 2.38. The van der Waals surface area contributed by atoms with Crippen molar-refractivity contribution in [3.05, 3.63) is 74.8 Å². The number of nitro groups is 1. The molecule has 0 unspecified atom stereocenters. The van der Waals surface area contributed by atoms with Gasteiger partial charge < -0.3 is 4.74 Å². The van der Waals surface area contributed by atoms with Crippen LogP contribution in [0.15, 0.2) is 48.7 Å². The number of thiazole rings is 1. The fraction of sp³-hybridized carbons (Fsp3) is 0.0556. The van der Waals surface area contributed by atoms with Crippen LogP contribution in [-0.2, 0) is 0 Å². The van der Waals surface area contributed by atoms with E-state index in [2.05, 4.69) is 4.98 Å². The van der Waals surface area contributed by atoms with E-state index in [9.17, 15) is 19.7 Å². The van der Waals surface area contributed by atoms with Crippen LogP contribution in [0.5, 0.6) is 11.5 Å². The lowest BCUT2D eigenvalue weighted by Gasteiger charge is -2.08. The van der Waals surface area contributed by atoms with Gasteiger partial charge in [0, 0.05) is 17.1 Å². The maximum atomic E-state index is 12.7. The maximum Gasteiger partial charge on any atom is 0.273 e. The summed E-state index contributed by atoms with van der Waals surface area (Å²) in [6, 6.07) is 10.2. The molecule has 3 aromatic rings. The van der Waals surface area contributed by atoms with Crippen LogP contribution in [0.25, 0.3) is 0 Å². The van der Waals surface area contributed by atoms with Crippen LogP contribution >= 0.6 is 11.3 Å². The van der Waals surface area contributed by atoms with E-state index < -0.39 is 16.7 Å². The number of aryl methyl sites for hydroxylation is 1. The van der Waals surface area contributed by atoms with Gasteiger partial charge in [-0.05, 0) is 31.2 Å². The van der Waals surface area contributed by atoms with E-state index in [1.165, 1.54) is 41.7 Å². The largest absolute Gasteiger partial charge is 0.457 e. The molecule has 0 spiro atoms. The number of aromatic nitrogens is 1. The number of imide groups is 1. The third kappa shape index (κ3) is 2.93. The molecule has 4 rings (SSSR count). The van der Waals surface area contributed by atoms with Crippen LogP contribution in [0.3, 0.4) is 0 Å². The molecule has 8 nitrogen and oxygen atoms in total. The number of nitro benzene ring substituents is 1. The summed E-state index contributed by atoms with van der Waals surface area (Å²) in [5.41, 5.74) is 0.361. The average Bonchev–Trinajstić information content (AvgIpc) is 3.17. The molecule has 27 heavy (non-hydrogen) atoms. The Hall–Kier alpha value is -3.59. The fourth-order valence-corrected chi connectivity index (χ4v) is 3.46. The summed E-state index contributed by atoms with van der Waals surface area (Å²) in [6.07, 6.45) is 1.60. The molecule has 1 aliphatic heterocycles. The molecule has 9 heteroatoms. The molecule has 0 radical (unpaired) electrons. The zero-order valence-corrected chi connectivity index (χ0v) is 14.7. The third-order valence-corrected chi connectivity index (χ3v) is 4.82. The van der Waals surface area contributed by atoms with Crippen LogP contribution in [0.2, 0.25) is 0 Å². The summed E-state index contributed by atoms with van der Waals surface area (Å²) in [5, 5.41) is 11.2. The number of fused-ring (bicyclic) bond motifs is 1. The zero-order valence-electron chi connectivity index (χ0n) is 13.9. The molecule has 2 aromatic carbocycles. The van der Waals surface area contributed by atoms with Gasteiger partial charge in [-0.2, -0.15) is 0 Å². The molecule has 0 bridgehead atoms. The topological polar surface area (TPSA) is 103 Å². The lowest BCUT2D eigenvalue weighted by Crippen LogP contribution is -2.29. The van der Waals surface area contributed by atoms with Crippen molar-refractivity contribution in [3.8, 4) is 11.5 Å². The first kappa shape index (κ1) is 16.9. The van der Waals surface area contributed by atoms with Gasteiger partial charge in [-0.15, -0.1) is 11.3 Å². The van der Waals surface area contributed by atoms with Gasteiger partial charge >= 0.3 is 0 Å². The van der Waals surface area contributed by atoms with Gasteiger partial charge in [0.2, 0.25) is 0 Å². The van der Waals surface area contributed by atoms with E-state index in [4.69, 9.17) is 4.74 Å². The molecule has 0 N–H and O–H groups in total. The lowest BCUT2D eigenvalue weighted by molar-refractivity contribution is -0.384. The van der Waals surface area contributed by atoms with Crippen molar-refractivity contribution in [2.45, 2.75) is 6.92 Å². The van der Waals surface area contributed by atoms with E-state index in [1.807, 2.05) is 6.92 Å². The number of ether oxygens (including phenoxy) is 1. The molecular weight excluding hydrogens is 370 g/mol. The van der Waals surface area contributed by atoms with Crippen LogP contribution in [0.1, 0.15) is 25.6 Å². The van der Waals surface area contributed by atoms with Crippen molar-refractivity contribution < 1.29 is 19.2 Å². The predicted octanol–water partition coefficient (Wildman–Crippen LogP) is 3.95. The molecule has 0 fully saturated rings. The minimum atomic E-state index is -0.522. The SMILES string of the molecule is Cc1cnc(N2C(=O)c3ccc(Oc4cccc([N+](=O)[O-])c4)cc3C2=O)s1. The van der Waals surface area contributed by atoms with Gasteiger partial charge in [-0.25, -0.2) is 9.88 Å². The molecule has 0 saturated carbocycles. The number of benzene rings is 2. The van der Waals surface area contributed by atoms with E-state index in [-0.39, 0.29) is 22.6 Å². The predicted molar refractivity (Wildman–Crippen MR) is 97.6 cm³/mol. The van der Waals surface area contributed by atoms with Gasteiger partial charge in [0.05, 0.1) is 22.1 Å². The summed E-state index contributed by atoms with van der Waals surface area (Å²) in [7, 11) is 0. The number of rotatable bonds is 4. The second kappa shape index (κ2) is 6.29. The Morgan fingerprint density at radius 3 is 2.52 bits per heavy atom. The number of anilines is 1. The smallest absolute Gasteiger partial charge is 0.273 e. The second-order valence-electron chi connectivity index (χ2n) is 5.76. The van der Waals surface area contributed by atoms with Gasteiger partial charge in [-0.3, -0.25) is 19.7 Å². The van der Waals surface area contributed by atoms with E-state index in [1.54, 1.807) is 18.3 Å². The Kier molecular flexibility index (Phi) is 3.93. The van der Waals surface area contributed by atoms with Crippen molar-refractivity contribution in [2.75, 3.05) is 4.90 Å². The number of non-ortho nitro benzene ring substituents is 1. The Bertz CT molecular complexity index is 1110. The van der Waals surface area contributed by atoms with E-state index >= 15 is 0 Å². The highest BCUT2D eigenvalue weighted by Crippen LogP contribution is 2.34. The summed E-state index contributed by atoms with van der Waals surface area (Å²) < 4.78 is 5.62. The molecule has 1 aliphatic rings. The van der Waals surface area contributed by atoms with Crippen molar-refractivity contribution in [1.29, 1.82) is 0 Å². The fourth-order valence-electron chi connectivity index (χ4n) is 2.70. The molecule has 1 aromatic heterocycles. The summed E-state index contributed by atoms with van der Waals surface area (Å²) >= 11 is 1.25. The normalized spacial score (nSPS) is 13.0.